The standard InChI is InChI=1S/C8H12N2O2.2C2H6/c11-7-1-2-8(3-5-9-7)4-6-10-12-8;2*1-2/h6H,1-5H2,(H,9,11);2*1-2H3. The van der Waals surface area contributed by atoms with E-state index in [1.165, 1.54) is 0 Å². The summed E-state index contributed by atoms with van der Waals surface area (Å²) in [4.78, 5) is 16.3. The number of nitrogens with zero attached hydrogens (tertiary/aromatic N) is 1. The molecule has 1 atom stereocenters. The lowest BCUT2D eigenvalue weighted by molar-refractivity contribution is -0.121. The van der Waals surface area contributed by atoms with Crippen LogP contribution in [0.5, 0.6) is 0 Å². The molecule has 2 aliphatic heterocycles. The zero-order valence-corrected chi connectivity index (χ0v) is 10.9. The molecule has 94 valence electrons. The molecule has 2 heterocycles. The van der Waals surface area contributed by atoms with Gasteiger partial charge < -0.3 is 10.2 Å². The molecule has 1 unspecified atom stereocenters. The summed E-state index contributed by atoms with van der Waals surface area (Å²) in [5.74, 6) is 0.127. The summed E-state index contributed by atoms with van der Waals surface area (Å²) in [5.41, 5.74) is -0.167. The van der Waals surface area contributed by atoms with Crippen LogP contribution in [0.4, 0.5) is 0 Å². The second kappa shape index (κ2) is 8.13. The maximum Gasteiger partial charge on any atom is 0.220 e. The van der Waals surface area contributed by atoms with Crippen molar-refractivity contribution in [1.29, 1.82) is 0 Å². The average molecular weight is 228 g/mol. The fourth-order valence-corrected chi connectivity index (χ4v) is 1.67. The first kappa shape index (κ1) is 14.9. The molecular weight excluding hydrogens is 204 g/mol. The first-order valence-electron chi connectivity index (χ1n) is 6.28. The molecule has 1 fully saturated rings. The van der Waals surface area contributed by atoms with E-state index >= 15 is 0 Å². The highest BCUT2D eigenvalue weighted by Gasteiger charge is 2.36. The predicted molar refractivity (Wildman–Crippen MR) is 66.5 cm³/mol. The van der Waals surface area contributed by atoms with Crippen LogP contribution in [0, 0.1) is 0 Å². The molecule has 0 bridgehead atoms. The minimum Gasteiger partial charge on any atom is -0.389 e. The fraction of sp³-hybridized carbons (Fsp3) is 0.833. The fourth-order valence-electron chi connectivity index (χ4n) is 1.67. The minimum atomic E-state index is -0.167. The van der Waals surface area contributed by atoms with Gasteiger partial charge in [-0.25, -0.2) is 0 Å². The highest BCUT2D eigenvalue weighted by molar-refractivity contribution is 5.76. The summed E-state index contributed by atoms with van der Waals surface area (Å²) >= 11 is 0. The lowest BCUT2D eigenvalue weighted by Crippen LogP contribution is -2.29. The van der Waals surface area contributed by atoms with Crippen molar-refractivity contribution in [2.24, 2.45) is 5.16 Å². The first-order chi connectivity index (χ1) is 7.81. The van der Waals surface area contributed by atoms with Crippen molar-refractivity contribution in [2.75, 3.05) is 6.54 Å². The van der Waals surface area contributed by atoms with E-state index in [-0.39, 0.29) is 11.5 Å². The van der Waals surface area contributed by atoms with Crippen LogP contribution in [0.2, 0.25) is 0 Å². The van der Waals surface area contributed by atoms with Crippen LogP contribution in [0.1, 0.15) is 53.4 Å². The average Bonchev–Trinajstić information content (AvgIpc) is 2.73. The predicted octanol–water partition coefficient (Wildman–Crippen LogP) is 2.48. The van der Waals surface area contributed by atoms with Crippen molar-refractivity contribution in [1.82, 2.24) is 5.32 Å². The topological polar surface area (TPSA) is 50.7 Å². The van der Waals surface area contributed by atoms with Gasteiger partial charge in [-0.3, -0.25) is 4.79 Å². The Morgan fingerprint density at radius 3 is 2.56 bits per heavy atom. The Labute approximate surface area is 98.4 Å². The summed E-state index contributed by atoms with van der Waals surface area (Å²) in [5, 5.41) is 6.58. The Hall–Kier alpha value is -1.06. The number of rotatable bonds is 0. The third-order valence-electron chi connectivity index (χ3n) is 2.49. The Morgan fingerprint density at radius 1 is 1.31 bits per heavy atom. The molecule has 0 aromatic rings. The molecule has 1 N–H and O–H groups in total. The third-order valence-corrected chi connectivity index (χ3v) is 2.49. The van der Waals surface area contributed by atoms with Crippen LogP contribution < -0.4 is 5.32 Å². The van der Waals surface area contributed by atoms with Gasteiger partial charge in [0.2, 0.25) is 5.91 Å². The number of hydrogen-bond acceptors (Lipinski definition) is 3. The molecule has 0 aromatic carbocycles. The molecule has 4 nitrogen and oxygen atoms in total. The van der Waals surface area contributed by atoms with Gasteiger partial charge in [0, 0.05) is 32.0 Å². The van der Waals surface area contributed by atoms with Crippen molar-refractivity contribution in [3.63, 3.8) is 0 Å². The largest absolute Gasteiger partial charge is 0.389 e. The van der Waals surface area contributed by atoms with Gasteiger partial charge in [-0.2, -0.15) is 0 Å². The Balaban J connectivity index is 0.000000509. The zero-order valence-electron chi connectivity index (χ0n) is 10.9. The molecule has 0 aliphatic carbocycles. The summed E-state index contributed by atoms with van der Waals surface area (Å²) in [6.07, 6.45) is 4.86. The van der Waals surface area contributed by atoms with Gasteiger partial charge in [-0.05, 0) is 6.42 Å². The highest BCUT2D eigenvalue weighted by Crippen LogP contribution is 2.30. The van der Waals surface area contributed by atoms with E-state index in [1.807, 2.05) is 27.7 Å². The van der Waals surface area contributed by atoms with Crippen molar-refractivity contribution >= 4 is 12.1 Å². The van der Waals surface area contributed by atoms with Gasteiger partial charge in [0.1, 0.15) is 5.60 Å². The maximum absolute atomic E-state index is 11.0. The van der Waals surface area contributed by atoms with Gasteiger partial charge in [-0.1, -0.05) is 32.9 Å². The van der Waals surface area contributed by atoms with Crippen molar-refractivity contribution in [2.45, 2.75) is 59.0 Å². The number of amides is 1. The minimum absolute atomic E-state index is 0.127. The van der Waals surface area contributed by atoms with Crippen molar-refractivity contribution in [3.8, 4) is 0 Å². The van der Waals surface area contributed by atoms with E-state index in [9.17, 15) is 4.79 Å². The van der Waals surface area contributed by atoms with E-state index < -0.39 is 0 Å². The SMILES string of the molecule is CC.CC.O=C1CCC2(CC=NO2)CCN1. The molecule has 16 heavy (non-hydrogen) atoms. The molecule has 0 radical (unpaired) electrons. The summed E-state index contributed by atoms with van der Waals surface area (Å²) in [6.45, 7) is 8.71. The summed E-state index contributed by atoms with van der Waals surface area (Å²) in [7, 11) is 0. The molecule has 0 saturated carbocycles. The van der Waals surface area contributed by atoms with E-state index in [2.05, 4.69) is 10.5 Å². The lowest BCUT2D eigenvalue weighted by Gasteiger charge is -2.23. The van der Waals surface area contributed by atoms with Gasteiger partial charge in [-0.15, -0.1) is 0 Å². The van der Waals surface area contributed by atoms with Gasteiger partial charge in [0.25, 0.3) is 0 Å². The van der Waals surface area contributed by atoms with Crippen LogP contribution in [0.15, 0.2) is 5.16 Å². The van der Waals surface area contributed by atoms with Gasteiger partial charge in [0.05, 0.1) is 0 Å². The molecule has 0 aromatic heterocycles. The number of oxime groups is 1. The number of carbonyl (C=O) groups excluding carboxylic acids is 1. The molecule has 1 amide bonds. The summed E-state index contributed by atoms with van der Waals surface area (Å²) < 4.78 is 0. The number of nitrogens with one attached hydrogen (secondary N) is 1. The quantitative estimate of drug-likeness (QED) is 0.692. The molecule has 1 spiro atoms. The van der Waals surface area contributed by atoms with Crippen LogP contribution in [-0.4, -0.2) is 24.3 Å². The van der Waals surface area contributed by atoms with Crippen molar-refractivity contribution in [3.05, 3.63) is 0 Å². The Morgan fingerprint density at radius 2 is 2.00 bits per heavy atom. The van der Waals surface area contributed by atoms with Crippen LogP contribution in [0.25, 0.3) is 0 Å². The van der Waals surface area contributed by atoms with Crippen LogP contribution >= 0.6 is 0 Å². The van der Waals surface area contributed by atoms with Crippen LogP contribution in [-0.2, 0) is 9.63 Å². The van der Waals surface area contributed by atoms with E-state index in [0.29, 0.717) is 13.0 Å². The maximum atomic E-state index is 11.0. The zero-order chi connectivity index (χ0) is 12.4. The van der Waals surface area contributed by atoms with E-state index in [4.69, 9.17) is 4.84 Å². The van der Waals surface area contributed by atoms with E-state index in [0.717, 1.165) is 19.3 Å². The monoisotopic (exact) mass is 228 g/mol. The molecule has 1 saturated heterocycles. The first-order valence-corrected chi connectivity index (χ1v) is 6.28. The molecule has 2 aliphatic rings. The normalized spacial score (nSPS) is 26.6. The molecule has 4 heteroatoms. The number of hydrogen-bond donors (Lipinski definition) is 1. The van der Waals surface area contributed by atoms with Crippen molar-refractivity contribution < 1.29 is 9.63 Å². The lowest BCUT2D eigenvalue weighted by atomic mass is 9.92. The molecule has 2 rings (SSSR count). The Kier molecular flexibility index (Phi) is 7.60. The smallest absolute Gasteiger partial charge is 0.220 e. The molecular formula is C12H24N2O2. The number of carbonyl (C=O) groups is 1. The second-order valence-electron chi connectivity index (χ2n) is 3.37. The van der Waals surface area contributed by atoms with Crippen LogP contribution in [0.3, 0.4) is 0 Å². The van der Waals surface area contributed by atoms with Gasteiger partial charge in [0.15, 0.2) is 0 Å². The second-order valence-corrected chi connectivity index (χ2v) is 3.37. The van der Waals surface area contributed by atoms with E-state index in [1.54, 1.807) is 6.21 Å². The van der Waals surface area contributed by atoms with Gasteiger partial charge >= 0.3 is 0 Å². The summed E-state index contributed by atoms with van der Waals surface area (Å²) in [6, 6.07) is 0. The third kappa shape index (κ3) is 4.21. The Bertz CT molecular complexity index is 219. The highest BCUT2D eigenvalue weighted by atomic mass is 16.7.